The van der Waals surface area contributed by atoms with Crippen molar-refractivity contribution in [1.29, 1.82) is 0 Å². The summed E-state index contributed by atoms with van der Waals surface area (Å²) in [7, 11) is 0. The SMILES string of the molecule is CCN(CC)c1nc(NCCOc2ccccc2)nc(NC2CCC(O)CC2)n1. The fraction of sp³-hybridized carbons (Fsp3) is 0.571. The predicted octanol–water partition coefficient (Wildman–Crippen LogP) is 2.92. The summed E-state index contributed by atoms with van der Waals surface area (Å²) in [5.41, 5.74) is 0. The first-order valence-corrected chi connectivity index (χ1v) is 10.5. The van der Waals surface area contributed by atoms with Crippen molar-refractivity contribution in [3.63, 3.8) is 0 Å². The number of anilines is 3. The van der Waals surface area contributed by atoms with Gasteiger partial charge in [0.1, 0.15) is 12.4 Å². The number of nitrogens with one attached hydrogen (secondary N) is 2. The van der Waals surface area contributed by atoms with Gasteiger partial charge in [0.05, 0.1) is 12.6 Å². The lowest BCUT2D eigenvalue weighted by Crippen LogP contribution is -2.30. The number of nitrogens with zero attached hydrogens (tertiary/aromatic N) is 4. The van der Waals surface area contributed by atoms with Crippen LogP contribution in [-0.4, -0.2) is 58.4 Å². The van der Waals surface area contributed by atoms with Crippen LogP contribution in [0.4, 0.5) is 17.8 Å². The molecule has 0 aliphatic heterocycles. The Morgan fingerprint density at radius 3 is 2.38 bits per heavy atom. The number of aliphatic hydroxyl groups excluding tert-OH is 1. The lowest BCUT2D eigenvalue weighted by molar-refractivity contribution is 0.126. The molecule has 0 bridgehead atoms. The molecule has 158 valence electrons. The van der Waals surface area contributed by atoms with Crippen molar-refractivity contribution in [3.8, 4) is 5.75 Å². The molecule has 29 heavy (non-hydrogen) atoms. The smallest absolute Gasteiger partial charge is 0.231 e. The van der Waals surface area contributed by atoms with E-state index in [2.05, 4.69) is 44.3 Å². The molecule has 1 aliphatic rings. The molecule has 3 rings (SSSR count). The highest BCUT2D eigenvalue weighted by Crippen LogP contribution is 2.22. The molecule has 1 heterocycles. The van der Waals surface area contributed by atoms with Gasteiger partial charge in [0.2, 0.25) is 17.8 Å². The number of hydrogen-bond donors (Lipinski definition) is 3. The van der Waals surface area contributed by atoms with Crippen LogP contribution in [0.25, 0.3) is 0 Å². The van der Waals surface area contributed by atoms with Crippen LogP contribution in [0.2, 0.25) is 0 Å². The van der Waals surface area contributed by atoms with Gasteiger partial charge in [-0.3, -0.25) is 0 Å². The first-order chi connectivity index (χ1) is 14.2. The normalized spacial score (nSPS) is 18.9. The van der Waals surface area contributed by atoms with E-state index < -0.39 is 0 Å². The highest BCUT2D eigenvalue weighted by Gasteiger charge is 2.21. The van der Waals surface area contributed by atoms with Crippen molar-refractivity contribution < 1.29 is 9.84 Å². The molecule has 0 amide bonds. The van der Waals surface area contributed by atoms with Gasteiger partial charge in [0, 0.05) is 19.1 Å². The second kappa shape index (κ2) is 10.8. The first-order valence-electron chi connectivity index (χ1n) is 10.5. The number of rotatable bonds is 10. The van der Waals surface area contributed by atoms with Crippen LogP contribution in [0.1, 0.15) is 39.5 Å². The van der Waals surface area contributed by atoms with E-state index in [4.69, 9.17) is 4.74 Å². The number of benzene rings is 1. The van der Waals surface area contributed by atoms with Gasteiger partial charge in [-0.05, 0) is 51.7 Å². The maximum absolute atomic E-state index is 9.72. The predicted molar refractivity (Wildman–Crippen MR) is 116 cm³/mol. The standard InChI is InChI=1S/C21H32N6O2/c1-3-27(4-2)21-25-19(22-14-15-29-18-8-6-5-7-9-18)24-20(26-21)23-16-10-12-17(28)13-11-16/h5-9,16-17,28H,3-4,10-15H2,1-2H3,(H2,22,23,24,25,26). The van der Waals surface area contributed by atoms with Crippen LogP contribution in [0.3, 0.4) is 0 Å². The van der Waals surface area contributed by atoms with Gasteiger partial charge in [-0.15, -0.1) is 0 Å². The van der Waals surface area contributed by atoms with E-state index in [1.165, 1.54) is 0 Å². The molecule has 3 N–H and O–H groups in total. The molecular weight excluding hydrogens is 368 g/mol. The average molecular weight is 401 g/mol. The summed E-state index contributed by atoms with van der Waals surface area (Å²) in [6.45, 7) is 6.93. The number of aliphatic hydroxyl groups is 1. The van der Waals surface area contributed by atoms with Gasteiger partial charge in [-0.1, -0.05) is 18.2 Å². The van der Waals surface area contributed by atoms with Crippen LogP contribution < -0.4 is 20.3 Å². The van der Waals surface area contributed by atoms with Gasteiger partial charge in [0.25, 0.3) is 0 Å². The Balaban J connectivity index is 1.63. The van der Waals surface area contributed by atoms with Crippen molar-refractivity contribution in [1.82, 2.24) is 15.0 Å². The molecule has 0 unspecified atom stereocenters. The molecule has 0 spiro atoms. The third-order valence-corrected chi connectivity index (χ3v) is 5.10. The van der Waals surface area contributed by atoms with E-state index in [9.17, 15) is 5.11 Å². The minimum Gasteiger partial charge on any atom is -0.492 e. The van der Waals surface area contributed by atoms with Crippen molar-refractivity contribution in [2.45, 2.75) is 51.7 Å². The summed E-state index contributed by atoms with van der Waals surface area (Å²) in [5.74, 6) is 2.62. The van der Waals surface area contributed by atoms with Gasteiger partial charge in [-0.25, -0.2) is 0 Å². The minimum atomic E-state index is -0.181. The Labute approximate surface area is 172 Å². The second-order valence-corrected chi connectivity index (χ2v) is 7.19. The van der Waals surface area contributed by atoms with Crippen molar-refractivity contribution in [2.24, 2.45) is 0 Å². The third kappa shape index (κ3) is 6.45. The van der Waals surface area contributed by atoms with E-state index in [1.807, 2.05) is 30.3 Å². The maximum Gasteiger partial charge on any atom is 0.231 e. The largest absolute Gasteiger partial charge is 0.492 e. The fourth-order valence-electron chi connectivity index (χ4n) is 3.41. The average Bonchev–Trinajstić information content (AvgIpc) is 2.74. The molecule has 1 aliphatic carbocycles. The number of aromatic nitrogens is 3. The molecule has 8 nitrogen and oxygen atoms in total. The Hall–Kier alpha value is -2.61. The Bertz CT molecular complexity index is 733. The van der Waals surface area contributed by atoms with Crippen LogP contribution in [0.15, 0.2) is 30.3 Å². The molecule has 8 heteroatoms. The highest BCUT2D eigenvalue weighted by atomic mass is 16.5. The zero-order chi connectivity index (χ0) is 20.5. The van der Waals surface area contributed by atoms with Gasteiger partial charge in [0.15, 0.2) is 0 Å². The maximum atomic E-state index is 9.72. The molecule has 2 aromatic rings. The molecular formula is C21H32N6O2. The van der Waals surface area contributed by atoms with Crippen LogP contribution in [0.5, 0.6) is 5.75 Å². The molecule has 1 aromatic heterocycles. The Morgan fingerprint density at radius 1 is 1.00 bits per heavy atom. The highest BCUT2D eigenvalue weighted by molar-refractivity contribution is 5.44. The molecule has 1 saturated carbocycles. The Morgan fingerprint density at radius 2 is 1.69 bits per heavy atom. The number of ether oxygens (including phenoxy) is 1. The number of para-hydroxylation sites is 1. The third-order valence-electron chi connectivity index (χ3n) is 5.10. The van der Waals surface area contributed by atoms with Crippen molar-refractivity contribution in [3.05, 3.63) is 30.3 Å². The van der Waals surface area contributed by atoms with Crippen LogP contribution in [0, 0.1) is 0 Å². The summed E-state index contributed by atoms with van der Waals surface area (Å²) in [6.07, 6.45) is 3.28. The van der Waals surface area contributed by atoms with Gasteiger partial charge in [-0.2, -0.15) is 15.0 Å². The van der Waals surface area contributed by atoms with Crippen LogP contribution in [-0.2, 0) is 0 Å². The number of hydrogen-bond acceptors (Lipinski definition) is 8. The topological polar surface area (TPSA) is 95.4 Å². The summed E-state index contributed by atoms with van der Waals surface area (Å²) < 4.78 is 5.73. The second-order valence-electron chi connectivity index (χ2n) is 7.19. The summed E-state index contributed by atoms with van der Waals surface area (Å²) >= 11 is 0. The summed E-state index contributed by atoms with van der Waals surface area (Å²) in [5, 5.41) is 16.4. The molecule has 0 saturated heterocycles. The summed E-state index contributed by atoms with van der Waals surface area (Å²) in [4.78, 5) is 15.9. The molecule has 0 radical (unpaired) electrons. The first kappa shape index (κ1) is 21.1. The minimum absolute atomic E-state index is 0.181. The van der Waals surface area contributed by atoms with E-state index in [1.54, 1.807) is 0 Å². The van der Waals surface area contributed by atoms with Crippen LogP contribution >= 0.6 is 0 Å². The fourth-order valence-corrected chi connectivity index (χ4v) is 3.41. The summed E-state index contributed by atoms with van der Waals surface area (Å²) in [6, 6.07) is 10.0. The van der Waals surface area contributed by atoms with E-state index in [0.29, 0.717) is 31.0 Å². The molecule has 1 aromatic carbocycles. The van der Waals surface area contributed by atoms with E-state index in [0.717, 1.165) is 44.5 Å². The van der Waals surface area contributed by atoms with Crippen molar-refractivity contribution >= 4 is 17.8 Å². The zero-order valence-electron chi connectivity index (χ0n) is 17.3. The van der Waals surface area contributed by atoms with Gasteiger partial charge >= 0.3 is 0 Å². The van der Waals surface area contributed by atoms with E-state index in [-0.39, 0.29) is 12.1 Å². The lowest BCUT2D eigenvalue weighted by atomic mass is 9.93. The van der Waals surface area contributed by atoms with Crippen molar-refractivity contribution in [2.75, 3.05) is 41.8 Å². The zero-order valence-corrected chi connectivity index (χ0v) is 17.3. The monoisotopic (exact) mass is 400 g/mol. The molecule has 1 fully saturated rings. The van der Waals surface area contributed by atoms with Gasteiger partial charge < -0.3 is 25.4 Å². The quantitative estimate of drug-likeness (QED) is 0.524. The lowest BCUT2D eigenvalue weighted by Gasteiger charge is -2.27. The Kier molecular flexibility index (Phi) is 7.86. The van der Waals surface area contributed by atoms with E-state index >= 15 is 0 Å². The molecule has 0 atom stereocenters.